The average Bonchev–Trinajstić information content (AvgIpc) is 2.47. The summed E-state index contributed by atoms with van der Waals surface area (Å²) in [5.41, 5.74) is 0.151. The van der Waals surface area contributed by atoms with Crippen LogP contribution in [0.1, 0.15) is 33.6 Å². The smallest absolute Gasteiger partial charge is 0.0809 e. The summed E-state index contributed by atoms with van der Waals surface area (Å²) in [6, 6.07) is 0.701. The van der Waals surface area contributed by atoms with E-state index in [4.69, 9.17) is 12.2 Å². The van der Waals surface area contributed by atoms with Gasteiger partial charge in [0.1, 0.15) is 0 Å². The lowest BCUT2D eigenvalue weighted by molar-refractivity contribution is 0.574. The predicted molar refractivity (Wildman–Crippen MR) is 48.2 cm³/mol. The maximum atomic E-state index is 5.20. The Morgan fingerprint density at radius 3 is 2.20 bits per heavy atom. The highest BCUT2D eigenvalue weighted by atomic mass is 32.1. The standard InChI is InChI=1S/C8H15NS/c1-8(2,3)7(10)9-6-4-5-6/h6H,4-5H2,1-3H3,(H,9,10). The van der Waals surface area contributed by atoms with Crippen molar-refractivity contribution in [3.8, 4) is 0 Å². The van der Waals surface area contributed by atoms with Crippen LogP contribution in [0.2, 0.25) is 0 Å². The van der Waals surface area contributed by atoms with Gasteiger partial charge in [-0.1, -0.05) is 33.0 Å². The minimum Gasteiger partial charge on any atom is -0.376 e. The molecule has 1 N–H and O–H groups in total. The third kappa shape index (κ3) is 2.25. The third-order valence-electron chi connectivity index (χ3n) is 1.59. The molecule has 0 saturated heterocycles. The quantitative estimate of drug-likeness (QED) is 0.585. The minimum atomic E-state index is 0.151. The molecule has 0 bridgehead atoms. The zero-order valence-electron chi connectivity index (χ0n) is 6.90. The summed E-state index contributed by atoms with van der Waals surface area (Å²) in [6.45, 7) is 6.43. The highest BCUT2D eigenvalue weighted by Gasteiger charge is 2.26. The summed E-state index contributed by atoms with van der Waals surface area (Å²) in [5, 5.41) is 3.33. The lowest BCUT2D eigenvalue weighted by atomic mass is 9.97. The van der Waals surface area contributed by atoms with Gasteiger partial charge in [-0.15, -0.1) is 0 Å². The second-order valence-corrected chi connectivity index (χ2v) is 4.41. The summed E-state index contributed by atoms with van der Waals surface area (Å²) in [7, 11) is 0. The first-order valence-electron chi connectivity index (χ1n) is 3.81. The first-order chi connectivity index (χ1) is 4.50. The Balaban J connectivity index is 2.32. The van der Waals surface area contributed by atoms with Gasteiger partial charge in [0, 0.05) is 11.5 Å². The van der Waals surface area contributed by atoms with E-state index in [9.17, 15) is 0 Å². The van der Waals surface area contributed by atoms with Gasteiger partial charge in [0.25, 0.3) is 0 Å². The third-order valence-corrected chi connectivity index (χ3v) is 2.32. The van der Waals surface area contributed by atoms with E-state index < -0.39 is 0 Å². The Morgan fingerprint density at radius 1 is 1.40 bits per heavy atom. The molecule has 0 atom stereocenters. The van der Waals surface area contributed by atoms with Crippen molar-refractivity contribution in [2.45, 2.75) is 39.7 Å². The molecule has 0 amide bonds. The minimum absolute atomic E-state index is 0.151. The van der Waals surface area contributed by atoms with E-state index in [1.54, 1.807) is 0 Å². The largest absolute Gasteiger partial charge is 0.376 e. The Labute approximate surface area is 68.2 Å². The highest BCUT2D eigenvalue weighted by molar-refractivity contribution is 7.80. The van der Waals surface area contributed by atoms with Crippen molar-refractivity contribution in [3.05, 3.63) is 0 Å². The van der Waals surface area contributed by atoms with Crippen LogP contribution in [0.15, 0.2) is 0 Å². The van der Waals surface area contributed by atoms with Gasteiger partial charge in [-0.3, -0.25) is 0 Å². The molecular weight excluding hydrogens is 142 g/mol. The molecule has 0 heterocycles. The normalized spacial score (nSPS) is 18.7. The van der Waals surface area contributed by atoms with Gasteiger partial charge >= 0.3 is 0 Å². The van der Waals surface area contributed by atoms with Crippen molar-refractivity contribution in [2.75, 3.05) is 0 Å². The van der Waals surface area contributed by atoms with Gasteiger partial charge in [0.05, 0.1) is 4.99 Å². The second kappa shape index (κ2) is 2.50. The van der Waals surface area contributed by atoms with Crippen LogP contribution >= 0.6 is 12.2 Å². The maximum Gasteiger partial charge on any atom is 0.0809 e. The van der Waals surface area contributed by atoms with Crippen LogP contribution in [0.4, 0.5) is 0 Å². The predicted octanol–water partition coefficient (Wildman–Crippen LogP) is 2.11. The zero-order valence-corrected chi connectivity index (χ0v) is 7.72. The molecule has 0 radical (unpaired) electrons. The molecule has 10 heavy (non-hydrogen) atoms. The Bertz CT molecular complexity index is 142. The van der Waals surface area contributed by atoms with Gasteiger partial charge in [-0.2, -0.15) is 0 Å². The fourth-order valence-electron chi connectivity index (χ4n) is 0.630. The molecule has 0 aromatic rings. The number of hydrogen-bond acceptors (Lipinski definition) is 1. The molecule has 2 heteroatoms. The van der Waals surface area contributed by atoms with Crippen LogP contribution in [0.25, 0.3) is 0 Å². The SMILES string of the molecule is CC(C)(C)C(=S)NC1CC1. The van der Waals surface area contributed by atoms with E-state index in [0.29, 0.717) is 6.04 Å². The van der Waals surface area contributed by atoms with E-state index in [-0.39, 0.29) is 5.41 Å². The number of rotatable bonds is 1. The molecule has 0 unspecified atom stereocenters. The van der Waals surface area contributed by atoms with Crippen LogP contribution in [0.3, 0.4) is 0 Å². The number of hydrogen-bond donors (Lipinski definition) is 1. The molecule has 0 aromatic heterocycles. The molecule has 58 valence electrons. The molecule has 1 saturated carbocycles. The van der Waals surface area contributed by atoms with Crippen molar-refractivity contribution >= 4 is 17.2 Å². The molecule has 1 nitrogen and oxygen atoms in total. The lowest BCUT2D eigenvalue weighted by Gasteiger charge is -2.20. The van der Waals surface area contributed by atoms with Crippen molar-refractivity contribution in [3.63, 3.8) is 0 Å². The van der Waals surface area contributed by atoms with Crippen LogP contribution in [-0.2, 0) is 0 Å². The molecule has 0 spiro atoms. The molecule has 0 aliphatic heterocycles. The molecule has 1 fully saturated rings. The van der Waals surface area contributed by atoms with Crippen molar-refractivity contribution < 1.29 is 0 Å². The topological polar surface area (TPSA) is 12.0 Å². The molecule has 1 aliphatic carbocycles. The summed E-state index contributed by atoms with van der Waals surface area (Å²) in [6.07, 6.45) is 2.60. The van der Waals surface area contributed by atoms with Crippen molar-refractivity contribution in [2.24, 2.45) is 5.41 Å². The zero-order chi connectivity index (χ0) is 7.78. The molecule has 1 rings (SSSR count). The van der Waals surface area contributed by atoms with E-state index in [0.717, 1.165) is 4.99 Å². The molecule has 1 aliphatic rings. The maximum absolute atomic E-state index is 5.20. The average molecular weight is 157 g/mol. The van der Waals surface area contributed by atoms with Gasteiger partial charge in [-0.25, -0.2) is 0 Å². The molecule has 0 aromatic carbocycles. The number of nitrogens with one attached hydrogen (secondary N) is 1. The second-order valence-electron chi connectivity index (χ2n) is 4.00. The Kier molecular flexibility index (Phi) is 1.99. The van der Waals surface area contributed by atoms with Gasteiger partial charge < -0.3 is 5.32 Å². The fraction of sp³-hybridized carbons (Fsp3) is 0.875. The van der Waals surface area contributed by atoms with Gasteiger partial charge in [0.2, 0.25) is 0 Å². The van der Waals surface area contributed by atoms with Crippen molar-refractivity contribution in [1.29, 1.82) is 0 Å². The van der Waals surface area contributed by atoms with Crippen molar-refractivity contribution in [1.82, 2.24) is 5.32 Å². The Hall–Kier alpha value is -0.110. The van der Waals surface area contributed by atoms with E-state index in [1.165, 1.54) is 12.8 Å². The summed E-state index contributed by atoms with van der Waals surface area (Å²) in [5.74, 6) is 0. The van der Waals surface area contributed by atoms with Crippen LogP contribution < -0.4 is 5.32 Å². The first kappa shape index (κ1) is 7.99. The van der Waals surface area contributed by atoms with Crippen LogP contribution in [0.5, 0.6) is 0 Å². The lowest BCUT2D eigenvalue weighted by Crippen LogP contribution is -2.34. The van der Waals surface area contributed by atoms with Gasteiger partial charge in [-0.05, 0) is 12.8 Å². The van der Waals surface area contributed by atoms with E-state index in [1.807, 2.05) is 0 Å². The van der Waals surface area contributed by atoms with E-state index >= 15 is 0 Å². The summed E-state index contributed by atoms with van der Waals surface area (Å²) in [4.78, 5) is 1.01. The van der Waals surface area contributed by atoms with E-state index in [2.05, 4.69) is 26.1 Å². The van der Waals surface area contributed by atoms with Crippen LogP contribution in [-0.4, -0.2) is 11.0 Å². The number of thiocarbonyl (C=S) groups is 1. The Morgan fingerprint density at radius 2 is 1.90 bits per heavy atom. The first-order valence-corrected chi connectivity index (χ1v) is 4.22. The highest BCUT2D eigenvalue weighted by Crippen LogP contribution is 2.22. The van der Waals surface area contributed by atoms with Crippen LogP contribution in [0, 0.1) is 5.41 Å². The summed E-state index contributed by atoms with van der Waals surface area (Å²) >= 11 is 5.20. The fourth-order valence-corrected chi connectivity index (χ4v) is 0.796. The summed E-state index contributed by atoms with van der Waals surface area (Å²) < 4.78 is 0. The molecular formula is C8H15NS. The van der Waals surface area contributed by atoms with Gasteiger partial charge in [0.15, 0.2) is 0 Å². The monoisotopic (exact) mass is 157 g/mol.